The van der Waals surface area contributed by atoms with Gasteiger partial charge in [0.1, 0.15) is 28.9 Å². The van der Waals surface area contributed by atoms with Crippen LogP contribution in [0.3, 0.4) is 0 Å². The molecule has 2 heterocycles. The number of rotatable bonds is 5. The van der Waals surface area contributed by atoms with Crippen molar-refractivity contribution in [3.63, 3.8) is 0 Å². The third-order valence-corrected chi connectivity index (χ3v) is 3.84. The molecule has 29 heavy (non-hydrogen) atoms. The summed E-state index contributed by atoms with van der Waals surface area (Å²) in [4.78, 5) is 16.2. The predicted molar refractivity (Wildman–Crippen MR) is 96.8 cm³/mol. The first-order valence-electron chi connectivity index (χ1n) is 8.19. The van der Waals surface area contributed by atoms with Crippen LogP contribution in [0.15, 0.2) is 42.6 Å². The number of halogens is 4. The Morgan fingerprint density at radius 1 is 1.21 bits per heavy atom. The number of carbonyl (C=O) groups excluding carboxylic acids is 1. The summed E-state index contributed by atoms with van der Waals surface area (Å²) in [6.07, 6.45) is -3.11. The Morgan fingerprint density at radius 3 is 2.59 bits per heavy atom. The summed E-state index contributed by atoms with van der Waals surface area (Å²) >= 11 is 0. The van der Waals surface area contributed by atoms with E-state index in [1.165, 1.54) is 29.1 Å². The van der Waals surface area contributed by atoms with Crippen molar-refractivity contribution in [2.45, 2.75) is 6.18 Å². The molecule has 0 saturated heterocycles. The molecule has 2 aromatic heterocycles. The molecule has 0 aliphatic heterocycles. The second-order valence-electron chi connectivity index (χ2n) is 5.97. The first kappa shape index (κ1) is 20.1. The fourth-order valence-electron chi connectivity index (χ4n) is 2.55. The lowest BCUT2D eigenvalue weighted by Crippen LogP contribution is -2.19. The lowest BCUT2D eigenvalue weighted by molar-refractivity contribution is -0.153. The van der Waals surface area contributed by atoms with Gasteiger partial charge in [0.2, 0.25) is 0 Å². The molecule has 0 saturated carbocycles. The van der Waals surface area contributed by atoms with Crippen molar-refractivity contribution in [2.75, 3.05) is 17.7 Å². The number of amides is 1. The number of nitrogen functional groups attached to an aromatic ring is 1. The number of carbonyl (C=O) groups is 1. The molecule has 1 amide bonds. The molecule has 11 heteroatoms. The third-order valence-electron chi connectivity index (χ3n) is 3.84. The zero-order valence-electron chi connectivity index (χ0n) is 15.0. The van der Waals surface area contributed by atoms with E-state index in [1.807, 2.05) is 0 Å². The number of pyridine rings is 1. The van der Waals surface area contributed by atoms with Gasteiger partial charge in [0, 0.05) is 24.4 Å². The van der Waals surface area contributed by atoms with Crippen LogP contribution in [0.4, 0.5) is 29.2 Å². The maximum atomic E-state index is 13.7. The number of aromatic nitrogens is 3. The molecule has 0 unspecified atom stereocenters. The summed E-state index contributed by atoms with van der Waals surface area (Å²) in [6, 6.07) is 7.33. The van der Waals surface area contributed by atoms with Gasteiger partial charge in [-0.3, -0.25) is 9.48 Å². The average Bonchev–Trinajstić information content (AvgIpc) is 3.06. The summed E-state index contributed by atoms with van der Waals surface area (Å²) in [6.45, 7) is -1.54. The molecular formula is C18H15F4N5O2. The molecule has 0 bridgehead atoms. The topological polar surface area (TPSA) is 95.1 Å². The summed E-state index contributed by atoms with van der Waals surface area (Å²) in [5, 5.41) is 6.42. The van der Waals surface area contributed by atoms with Crippen LogP contribution in [0.25, 0.3) is 11.1 Å². The molecule has 0 aliphatic rings. The monoisotopic (exact) mass is 409 g/mol. The number of ether oxygens (including phenoxy) is 1. The van der Waals surface area contributed by atoms with E-state index in [1.54, 1.807) is 7.05 Å². The van der Waals surface area contributed by atoms with Gasteiger partial charge >= 0.3 is 6.18 Å². The van der Waals surface area contributed by atoms with Crippen LogP contribution in [0, 0.1) is 5.82 Å². The van der Waals surface area contributed by atoms with Gasteiger partial charge in [-0.1, -0.05) is 0 Å². The Bertz CT molecular complexity index is 1050. The van der Waals surface area contributed by atoms with Crippen molar-refractivity contribution in [3.05, 3.63) is 54.1 Å². The number of nitrogens with two attached hydrogens (primary N) is 1. The van der Waals surface area contributed by atoms with E-state index in [4.69, 9.17) is 10.5 Å². The predicted octanol–water partition coefficient (Wildman–Crippen LogP) is 3.40. The van der Waals surface area contributed by atoms with Crippen molar-refractivity contribution >= 4 is 17.5 Å². The van der Waals surface area contributed by atoms with Gasteiger partial charge in [0.25, 0.3) is 5.91 Å². The standard InChI is InChI=1S/C18H15F4N5O2/c1-27-13(6-7-24-27)17(28)26-15-5-3-11(16(23)25-15)12-8-10(19)2-4-14(12)29-9-18(20,21)22/h2-8H,9H2,1H3,(H3,23,25,26,28). The van der Waals surface area contributed by atoms with Crippen LogP contribution in [0.1, 0.15) is 10.5 Å². The van der Waals surface area contributed by atoms with Gasteiger partial charge in [0.15, 0.2) is 6.61 Å². The van der Waals surface area contributed by atoms with E-state index in [2.05, 4.69) is 15.4 Å². The van der Waals surface area contributed by atoms with Crippen LogP contribution in [-0.2, 0) is 7.05 Å². The van der Waals surface area contributed by atoms with E-state index < -0.39 is 24.5 Å². The number of nitrogens with one attached hydrogen (secondary N) is 1. The van der Waals surface area contributed by atoms with Gasteiger partial charge < -0.3 is 15.8 Å². The first-order valence-corrected chi connectivity index (χ1v) is 8.19. The van der Waals surface area contributed by atoms with E-state index in [0.717, 1.165) is 18.2 Å². The fraction of sp³-hybridized carbons (Fsp3) is 0.167. The average molecular weight is 409 g/mol. The van der Waals surface area contributed by atoms with Gasteiger partial charge in [-0.25, -0.2) is 9.37 Å². The lowest BCUT2D eigenvalue weighted by Gasteiger charge is -2.15. The van der Waals surface area contributed by atoms with Gasteiger partial charge in [-0.05, 0) is 36.4 Å². The maximum Gasteiger partial charge on any atom is 0.422 e. The minimum atomic E-state index is -4.56. The SMILES string of the molecule is Cn1nccc1C(=O)Nc1ccc(-c2cc(F)ccc2OCC(F)(F)F)c(N)n1. The molecule has 1 aromatic carbocycles. The molecule has 0 fully saturated rings. The fourth-order valence-corrected chi connectivity index (χ4v) is 2.55. The molecule has 0 spiro atoms. The van der Waals surface area contributed by atoms with Crippen LogP contribution in [0.5, 0.6) is 5.75 Å². The highest BCUT2D eigenvalue weighted by atomic mass is 19.4. The lowest BCUT2D eigenvalue weighted by atomic mass is 10.1. The Balaban J connectivity index is 1.88. The highest BCUT2D eigenvalue weighted by Gasteiger charge is 2.29. The van der Waals surface area contributed by atoms with Crippen molar-refractivity contribution in [2.24, 2.45) is 7.05 Å². The molecule has 0 atom stereocenters. The summed E-state index contributed by atoms with van der Waals surface area (Å²) in [5.41, 5.74) is 6.33. The normalized spacial score (nSPS) is 11.3. The zero-order valence-corrected chi connectivity index (χ0v) is 15.0. The number of anilines is 2. The number of nitrogens with zero attached hydrogens (tertiary/aromatic N) is 3. The van der Waals surface area contributed by atoms with Crippen LogP contribution < -0.4 is 15.8 Å². The van der Waals surface area contributed by atoms with Gasteiger partial charge in [-0.2, -0.15) is 18.3 Å². The number of aryl methyl sites for hydroxylation is 1. The molecule has 7 nitrogen and oxygen atoms in total. The quantitative estimate of drug-likeness (QED) is 0.630. The van der Waals surface area contributed by atoms with Crippen LogP contribution in [0.2, 0.25) is 0 Å². The van der Waals surface area contributed by atoms with Crippen molar-refractivity contribution in [1.82, 2.24) is 14.8 Å². The van der Waals surface area contributed by atoms with E-state index >= 15 is 0 Å². The second-order valence-corrected chi connectivity index (χ2v) is 5.97. The highest BCUT2D eigenvalue weighted by molar-refractivity contribution is 6.02. The van der Waals surface area contributed by atoms with Crippen molar-refractivity contribution < 1.29 is 27.1 Å². The van der Waals surface area contributed by atoms with Crippen LogP contribution in [-0.4, -0.2) is 33.5 Å². The molecule has 0 radical (unpaired) electrons. The summed E-state index contributed by atoms with van der Waals surface area (Å²) in [7, 11) is 1.59. The summed E-state index contributed by atoms with van der Waals surface area (Å²) in [5.74, 6) is -1.40. The molecule has 3 aromatic rings. The zero-order chi connectivity index (χ0) is 21.2. The Labute approximate surface area is 162 Å². The molecule has 3 rings (SSSR count). The second kappa shape index (κ2) is 7.78. The van der Waals surface area contributed by atoms with Crippen LogP contribution >= 0.6 is 0 Å². The number of hydrogen-bond donors (Lipinski definition) is 2. The van der Waals surface area contributed by atoms with E-state index in [9.17, 15) is 22.4 Å². The molecule has 152 valence electrons. The van der Waals surface area contributed by atoms with Gasteiger partial charge in [-0.15, -0.1) is 0 Å². The molecule has 3 N–H and O–H groups in total. The third kappa shape index (κ3) is 4.81. The minimum absolute atomic E-state index is 0.00348. The number of hydrogen-bond acceptors (Lipinski definition) is 5. The maximum absolute atomic E-state index is 13.7. The molecule has 0 aliphatic carbocycles. The minimum Gasteiger partial charge on any atom is -0.483 e. The largest absolute Gasteiger partial charge is 0.483 e. The Hall–Kier alpha value is -3.63. The van der Waals surface area contributed by atoms with Crippen molar-refractivity contribution in [3.8, 4) is 16.9 Å². The first-order chi connectivity index (χ1) is 13.6. The number of alkyl halides is 3. The smallest absolute Gasteiger partial charge is 0.422 e. The molecular weight excluding hydrogens is 394 g/mol. The van der Waals surface area contributed by atoms with E-state index in [0.29, 0.717) is 0 Å². The highest BCUT2D eigenvalue weighted by Crippen LogP contribution is 2.35. The van der Waals surface area contributed by atoms with Crippen molar-refractivity contribution in [1.29, 1.82) is 0 Å². The van der Waals surface area contributed by atoms with Gasteiger partial charge in [0.05, 0.1) is 0 Å². The van der Waals surface area contributed by atoms with E-state index in [-0.39, 0.29) is 34.2 Å². The number of benzene rings is 1. The summed E-state index contributed by atoms with van der Waals surface area (Å²) < 4.78 is 57.2. The Morgan fingerprint density at radius 2 is 1.97 bits per heavy atom. The Kier molecular flexibility index (Phi) is 5.39.